The van der Waals surface area contributed by atoms with Gasteiger partial charge in [-0.15, -0.1) is 12.4 Å². The number of rotatable bonds is 3. The van der Waals surface area contributed by atoms with Gasteiger partial charge >= 0.3 is 0 Å². The molecule has 1 aliphatic carbocycles. The molecule has 1 aliphatic rings. The van der Waals surface area contributed by atoms with Crippen LogP contribution in [0.25, 0.3) is 0 Å². The zero-order chi connectivity index (χ0) is 13.2. The van der Waals surface area contributed by atoms with Crippen molar-refractivity contribution < 1.29 is 4.79 Å². The molecule has 3 rings (SSSR count). The fraction of sp³-hybridized carbons (Fsp3) is 0.188. The number of benzene rings is 2. The molecule has 0 saturated heterocycles. The van der Waals surface area contributed by atoms with E-state index in [1.54, 1.807) is 0 Å². The fourth-order valence-electron chi connectivity index (χ4n) is 2.60. The highest BCUT2D eigenvalue weighted by molar-refractivity contribution is 5.93. The molecule has 0 radical (unpaired) electrons. The molecular weight excluding hydrogens is 272 g/mol. The Morgan fingerprint density at radius 1 is 0.950 bits per heavy atom. The Balaban J connectivity index is 0.00000147. The summed E-state index contributed by atoms with van der Waals surface area (Å²) < 4.78 is 0. The highest BCUT2D eigenvalue weighted by Crippen LogP contribution is 2.54. The van der Waals surface area contributed by atoms with Gasteiger partial charge in [0.1, 0.15) is 0 Å². The lowest BCUT2D eigenvalue weighted by Gasteiger charge is -2.03. The Bertz CT molecular complexity index is 583. The maximum atomic E-state index is 11.4. The van der Waals surface area contributed by atoms with Gasteiger partial charge in [-0.25, -0.2) is 5.84 Å². The van der Waals surface area contributed by atoms with Crippen molar-refractivity contribution in [2.45, 2.75) is 18.3 Å². The van der Waals surface area contributed by atoms with Crippen LogP contribution in [0, 0.1) is 0 Å². The SMILES string of the molecule is Cl.NNC(=O)c1ccc([C@@H]2C[C@@H]2c2ccccc2)cc1. The predicted molar refractivity (Wildman–Crippen MR) is 81.9 cm³/mol. The van der Waals surface area contributed by atoms with Gasteiger partial charge in [-0.1, -0.05) is 42.5 Å². The Hall–Kier alpha value is -1.84. The molecule has 2 atom stereocenters. The van der Waals surface area contributed by atoms with E-state index in [1.165, 1.54) is 17.5 Å². The van der Waals surface area contributed by atoms with Crippen LogP contribution in [-0.2, 0) is 0 Å². The van der Waals surface area contributed by atoms with Crippen molar-refractivity contribution in [2.24, 2.45) is 5.84 Å². The Morgan fingerprint density at radius 3 is 2.05 bits per heavy atom. The van der Waals surface area contributed by atoms with Crippen LogP contribution in [-0.4, -0.2) is 5.91 Å². The van der Waals surface area contributed by atoms with E-state index in [0.29, 0.717) is 17.4 Å². The Kier molecular flexibility index (Phi) is 4.42. The average Bonchev–Trinajstić information content (AvgIpc) is 3.28. The summed E-state index contributed by atoms with van der Waals surface area (Å²) in [6.45, 7) is 0. The topological polar surface area (TPSA) is 55.1 Å². The van der Waals surface area contributed by atoms with Crippen molar-refractivity contribution in [1.29, 1.82) is 0 Å². The van der Waals surface area contributed by atoms with Crippen LogP contribution in [0.3, 0.4) is 0 Å². The lowest BCUT2D eigenvalue weighted by atomic mass is 10.0. The lowest BCUT2D eigenvalue weighted by molar-refractivity contribution is 0.0953. The van der Waals surface area contributed by atoms with Gasteiger partial charge in [-0.2, -0.15) is 0 Å². The first-order valence-electron chi connectivity index (χ1n) is 6.45. The molecule has 4 heteroatoms. The molecule has 2 aromatic carbocycles. The molecule has 2 aromatic rings. The van der Waals surface area contributed by atoms with Crippen LogP contribution < -0.4 is 11.3 Å². The third-order valence-corrected chi connectivity index (χ3v) is 3.75. The van der Waals surface area contributed by atoms with Crippen LogP contribution in [0.4, 0.5) is 0 Å². The second kappa shape index (κ2) is 6.07. The van der Waals surface area contributed by atoms with Crippen molar-refractivity contribution in [3.05, 3.63) is 71.3 Å². The zero-order valence-corrected chi connectivity index (χ0v) is 11.8. The van der Waals surface area contributed by atoms with Gasteiger partial charge in [0.2, 0.25) is 0 Å². The monoisotopic (exact) mass is 288 g/mol. The Morgan fingerprint density at radius 2 is 1.50 bits per heavy atom. The second-order valence-corrected chi connectivity index (χ2v) is 4.95. The highest BCUT2D eigenvalue weighted by Gasteiger charge is 2.39. The molecule has 104 valence electrons. The zero-order valence-electron chi connectivity index (χ0n) is 11.0. The third-order valence-electron chi connectivity index (χ3n) is 3.75. The van der Waals surface area contributed by atoms with Crippen molar-refractivity contribution in [3.63, 3.8) is 0 Å². The third kappa shape index (κ3) is 2.84. The van der Waals surface area contributed by atoms with E-state index in [9.17, 15) is 4.79 Å². The number of hydrogen-bond acceptors (Lipinski definition) is 2. The molecule has 0 heterocycles. The van der Waals surface area contributed by atoms with Crippen LogP contribution in [0.1, 0.15) is 39.7 Å². The van der Waals surface area contributed by atoms with Gasteiger partial charge < -0.3 is 0 Å². The smallest absolute Gasteiger partial charge is 0.265 e. The van der Waals surface area contributed by atoms with Crippen molar-refractivity contribution in [2.75, 3.05) is 0 Å². The van der Waals surface area contributed by atoms with E-state index < -0.39 is 0 Å². The number of halogens is 1. The number of nitrogens with two attached hydrogens (primary N) is 1. The second-order valence-electron chi connectivity index (χ2n) is 4.95. The molecule has 1 saturated carbocycles. The lowest BCUT2D eigenvalue weighted by Crippen LogP contribution is -2.29. The van der Waals surface area contributed by atoms with Gasteiger partial charge in [-0.05, 0) is 41.5 Å². The minimum Gasteiger partial charge on any atom is -0.290 e. The van der Waals surface area contributed by atoms with Gasteiger partial charge in [0, 0.05) is 5.56 Å². The van der Waals surface area contributed by atoms with Crippen molar-refractivity contribution >= 4 is 18.3 Å². The van der Waals surface area contributed by atoms with E-state index in [1.807, 2.05) is 30.3 Å². The summed E-state index contributed by atoms with van der Waals surface area (Å²) in [4.78, 5) is 11.4. The average molecular weight is 289 g/mol. The molecule has 3 N–H and O–H groups in total. The molecule has 1 amide bonds. The summed E-state index contributed by atoms with van der Waals surface area (Å²) in [6.07, 6.45) is 1.19. The highest BCUT2D eigenvalue weighted by atomic mass is 35.5. The molecule has 0 bridgehead atoms. The van der Waals surface area contributed by atoms with Gasteiger partial charge in [0.15, 0.2) is 0 Å². The molecule has 0 aromatic heterocycles. The molecule has 0 spiro atoms. The molecule has 1 fully saturated rings. The maximum Gasteiger partial charge on any atom is 0.265 e. The van der Waals surface area contributed by atoms with Gasteiger partial charge in [0.05, 0.1) is 0 Å². The van der Waals surface area contributed by atoms with E-state index in [2.05, 4.69) is 29.7 Å². The number of carbonyl (C=O) groups is 1. The normalized spacial score (nSPS) is 19.9. The summed E-state index contributed by atoms with van der Waals surface area (Å²) in [7, 11) is 0. The van der Waals surface area contributed by atoms with E-state index in [-0.39, 0.29) is 18.3 Å². The number of hydrazine groups is 1. The first-order chi connectivity index (χ1) is 9.29. The molecule has 0 unspecified atom stereocenters. The number of carbonyl (C=O) groups excluding carboxylic acids is 1. The number of nitrogen functional groups attached to an aromatic ring is 1. The van der Waals surface area contributed by atoms with Crippen molar-refractivity contribution in [1.82, 2.24) is 5.43 Å². The van der Waals surface area contributed by atoms with E-state index >= 15 is 0 Å². The number of nitrogens with one attached hydrogen (secondary N) is 1. The van der Waals surface area contributed by atoms with Crippen LogP contribution >= 0.6 is 12.4 Å². The minimum absolute atomic E-state index is 0. The van der Waals surface area contributed by atoms with E-state index in [0.717, 1.165) is 0 Å². The minimum atomic E-state index is -0.248. The summed E-state index contributed by atoms with van der Waals surface area (Å²) in [5, 5.41) is 0. The standard InChI is InChI=1S/C16H16N2O.ClH/c17-18-16(19)13-8-6-12(7-9-13)15-10-14(15)11-4-2-1-3-5-11;/h1-9,14-15H,10,17H2,(H,18,19);1H/t14-,15+;/m1./s1. The quantitative estimate of drug-likeness (QED) is 0.518. The molecular formula is C16H17ClN2O. The fourth-order valence-corrected chi connectivity index (χ4v) is 2.60. The number of hydrogen-bond donors (Lipinski definition) is 2. The van der Waals surface area contributed by atoms with Gasteiger partial charge in [0.25, 0.3) is 5.91 Å². The number of amides is 1. The summed E-state index contributed by atoms with van der Waals surface area (Å²) in [5.41, 5.74) is 5.43. The van der Waals surface area contributed by atoms with Gasteiger partial charge in [-0.3, -0.25) is 10.2 Å². The molecule has 20 heavy (non-hydrogen) atoms. The van der Waals surface area contributed by atoms with Crippen LogP contribution in [0.15, 0.2) is 54.6 Å². The molecule has 3 nitrogen and oxygen atoms in total. The summed E-state index contributed by atoms with van der Waals surface area (Å²) >= 11 is 0. The first-order valence-corrected chi connectivity index (χ1v) is 6.45. The summed E-state index contributed by atoms with van der Waals surface area (Å²) in [6, 6.07) is 18.3. The van der Waals surface area contributed by atoms with E-state index in [4.69, 9.17) is 5.84 Å². The molecule has 0 aliphatic heterocycles. The van der Waals surface area contributed by atoms with Crippen LogP contribution in [0.2, 0.25) is 0 Å². The maximum absolute atomic E-state index is 11.4. The summed E-state index contributed by atoms with van der Waals surface area (Å²) in [5.74, 6) is 6.07. The predicted octanol–water partition coefficient (Wildman–Crippen LogP) is 2.98. The Labute approximate surface area is 124 Å². The van der Waals surface area contributed by atoms with Crippen molar-refractivity contribution in [3.8, 4) is 0 Å². The largest absolute Gasteiger partial charge is 0.290 e. The first kappa shape index (κ1) is 14.6. The van der Waals surface area contributed by atoms with Crippen LogP contribution in [0.5, 0.6) is 0 Å².